The molecular weight excluding hydrogens is 246 g/mol. The van der Waals surface area contributed by atoms with Gasteiger partial charge in [-0.3, -0.25) is 0 Å². The molecule has 0 saturated carbocycles. The lowest BCUT2D eigenvalue weighted by molar-refractivity contribution is -0.0242. The third-order valence-electron chi connectivity index (χ3n) is 3.27. The first-order valence-electron chi connectivity index (χ1n) is 6.63. The minimum Gasteiger partial charge on any atom is -0.478 e. The van der Waals surface area contributed by atoms with Gasteiger partial charge in [-0.25, -0.2) is 4.98 Å². The Morgan fingerprint density at radius 3 is 2.95 bits per heavy atom. The van der Waals surface area contributed by atoms with Crippen molar-refractivity contribution < 1.29 is 14.9 Å². The minimum atomic E-state index is -1.04. The van der Waals surface area contributed by atoms with Gasteiger partial charge in [0.2, 0.25) is 5.88 Å². The van der Waals surface area contributed by atoms with Crippen LogP contribution in [0.3, 0.4) is 0 Å². The quantitative estimate of drug-likeness (QED) is 0.827. The summed E-state index contributed by atoms with van der Waals surface area (Å²) in [6.07, 6.45) is 1.44. The third kappa shape index (κ3) is 3.33. The van der Waals surface area contributed by atoms with Crippen LogP contribution < -0.4 is 9.64 Å². The van der Waals surface area contributed by atoms with Crippen LogP contribution in [0.25, 0.3) is 0 Å². The van der Waals surface area contributed by atoms with Gasteiger partial charge in [0.1, 0.15) is 17.2 Å². The summed E-state index contributed by atoms with van der Waals surface area (Å²) < 4.78 is 5.41. The van der Waals surface area contributed by atoms with Crippen molar-refractivity contribution in [2.45, 2.75) is 32.3 Å². The number of aliphatic hydroxyl groups excluding tert-OH is 1. The van der Waals surface area contributed by atoms with E-state index in [1.54, 1.807) is 6.07 Å². The number of piperidine rings is 1. The summed E-state index contributed by atoms with van der Waals surface area (Å²) in [5, 5.41) is 19.5. The Morgan fingerprint density at radius 2 is 2.26 bits per heavy atom. The topological polar surface area (TPSA) is 78.7 Å². The first kappa shape index (κ1) is 14.0. The van der Waals surface area contributed by atoms with E-state index in [9.17, 15) is 10.2 Å². The number of β-amino-alcohol motifs (C(OH)–C–C–N with tert-alkyl or cyclic N) is 1. The molecule has 0 spiro atoms. The van der Waals surface area contributed by atoms with E-state index >= 15 is 0 Å². The summed E-state index contributed by atoms with van der Waals surface area (Å²) in [6.45, 7) is 5.23. The monoisotopic (exact) mass is 267 g/mol. The molecule has 0 radical (unpaired) electrons. The maximum absolute atomic E-state index is 10.2. The van der Waals surface area contributed by atoms with Crippen LogP contribution in [0, 0.1) is 6.92 Å². The standard InChI is InChI=1S/C13H21N3O3/c1-3-19-12-7-11(14-10(2)15-12)16-6-4-5-13(18,8-16)9-17/h7,17-18H,3-6,8-9H2,1-2H3. The van der Waals surface area contributed by atoms with E-state index in [1.807, 2.05) is 18.7 Å². The van der Waals surface area contributed by atoms with Crippen LogP contribution in [0.15, 0.2) is 6.07 Å². The Labute approximate surface area is 113 Å². The predicted molar refractivity (Wildman–Crippen MR) is 71.4 cm³/mol. The molecule has 1 aromatic rings. The number of aromatic nitrogens is 2. The molecule has 1 unspecified atom stereocenters. The number of aliphatic hydroxyl groups is 2. The second-order valence-electron chi connectivity index (χ2n) is 4.95. The van der Waals surface area contributed by atoms with Crippen molar-refractivity contribution in [3.05, 3.63) is 11.9 Å². The van der Waals surface area contributed by atoms with E-state index in [2.05, 4.69) is 9.97 Å². The highest BCUT2D eigenvalue weighted by Gasteiger charge is 2.33. The van der Waals surface area contributed by atoms with Crippen molar-refractivity contribution in [1.82, 2.24) is 9.97 Å². The van der Waals surface area contributed by atoms with E-state index < -0.39 is 5.60 Å². The molecule has 1 aliphatic heterocycles. The molecule has 0 aliphatic carbocycles. The number of rotatable bonds is 4. The van der Waals surface area contributed by atoms with Crippen molar-refractivity contribution in [2.24, 2.45) is 0 Å². The lowest BCUT2D eigenvalue weighted by atomic mass is 9.94. The van der Waals surface area contributed by atoms with Crippen molar-refractivity contribution in [3.63, 3.8) is 0 Å². The molecular formula is C13H21N3O3. The zero-order valence-electron chi connectivity index (χ0n) is 11.5. The smallest absolute Gasteiger partial charge is 0.218 e. The fourth-order valence-electron chi connectivity index (χ4n) is 2.35. The number of anilines is 1. The normalized spacial score (nSPS) is 23.5. The van der Waals surface area contributed by atoms with E-state index in [0.29, 0.717) is 31.3 Å². The summed E-state index contributed by atoms with van der Waals surface area (Å²) in [5.74, 6) is 1.92. The first-order valence-corrected chi connectivity index (χ1v) is 6.63. The van der Waals surface area contributed by atoms with E-state index in [-0.39, 0.29) is 6.61 Å². The van der Waals surface area contributed by atoms with Gasteiger partial charge in [-0.05, 0) is 26.7 Å². The lowest BCUT2D eigenvalue weighted by Crippen LogP contribution is -2.50. The summed E-state index contributed by atoms with van der Waals surface area (Å²) >= 11 is 0. The highest BCUT2D eigenvalue weighted by Crippen LogP contribution is 2.26. The maximum Gasteiger partial charge on any atom is 0.218 e. The minimum absolute atomic E-state index is 0.230. The van der Waals surface area contributed by atoms with Gasteiger partial charge in [-0.2, -0.15) is 4.98 Å². The number of aryl methyl sites for hydroxylation is 1. The fraction of sp³-hybridized carbons (Fsp3) is 0.692. The van der Waals surface area contributed by atoms with Crippen molar-refractivity contribution in [1.29, 1.82) is 0 Å². The van der Waals surface area contributed by atoms with Gasteiger partial charge in [-0.1, -0.05) is 0 Å². The van der Waals surface area contributed by atoms with Gasteiger partial charge in [0.15, 0.2) is 0 Å². The van der Waals surface area contributed by atoms with Gasteiger partial charge in [0.05, 0.1) is 19.8 Å². The van der Waals surface area contributed by atoms with Crippen LogP contribution in [0.5, 0.6) is 5.88 Å². The van der Waals surface area contributed by atoms with Crippen LogP contribution in [-0.2, 0) is 0 Å². The molecule has 0 amide bonds. The number of nitrogens with zero attached hydrogens (tertiary/aromatic N) is 3. The predicted octanol–water partition coefficient (Wildman–Crippen LogP) is 0.507. The van der Waals surface area contributed by atoms with Gasteiger partial charge in [0.25, 0.3) is 0 Å². The molecule has 2 N–H and O–H groups in total. The van der Waals surface area contributed by atoms with Crippen LogP contribution in [0.2, 0.25) is 0 Å². The molecule has 1 atom stereocenters. The number of ether oxygens (including phenoxy) is 1. The van der Waals surface area contributed by atoms with Crippen molar-refractivity contribution >= 4 is 5.82 Å². The van der Waals surface area contributed by atoms with Crippen LogP contribution >= 0.6 is 0 Å². The zero-order chi connectivity index (χ0) is 13.9. The third-order valence-corrected chi connectivity index (χ3v) is 3.27. The Hall–Kier alpha value is -1.40. The Balaban J connectivity index is 2.21. The van der Waals surface area contributed by atoms with Crippen molar-refractivity contribution in [2.75, 3.05) is 31.2 Å². The SMILES string of the molecule is CCOc1cc(N2CCCC(O)(CO)C2)nc(C)n1. The number of hydrogen-bond acceptors (Lipinski definition) is 6. The molecule has 6 heteroatoms. The molecule has 1 saturated heterocycles. The molecule has 106 valence electrons. The molecule has 19 heavy (non-hydrogen) atoms. The van der Waals surface area contributed by atoms with Gasteiger partial charge < -0.3 is 19.8 Å². The fourth-order valence-corrected chi connectivity index (χ4v) is 2.35. The van der Waals surface area contributed by atoms with Crippen LogP contribution in [-0.4, -0.2) is 52.1 Å². The van der Waals surface area contributed by atoms with Gasteiger partial charge in [0, 0.05) is 12.6 Å². The molecule has 0 bridgehead atoms. The number of hydrogen-bond donors (Lipinski definition) is 2. The highest BCUT2D eigenvalue weighted by molar-refractivity contribution is 5.43. The van der Waals surface area contributed by atoms with Gasteiger partial charge in [-0.15, -0.1) is 0 Å². The van der Waals surface area contributed by atoms with E-state index in [4.69, 9.17) is 4.74 Å². The van der Waals surface area contributed by atoms with Gasteiger partial charge >= 0.3 is 0 Å². The second-order valence-corrected chi connectivity index (χ2v) is 4.95. The largest absolute Gasteiger partial charge is 0.478 e. The lowest BCUT2D eigenvalue weighted by Gasteiger charge is -2.38. The molecule has 0 aromatic carbocycles. The summed E-state index contributed by atoms with van der Waals surface area (Å²) in [4.78, 5) is 10.6. The Morgan fingerprint density at radius 1 is 1.47 bits per heavy atom. The molecule has 6 nitrogen and oxygen atoms in total. The Kier molecular flexibility index (Phi) is 4.21. The Bertz CT molecular complexity index is 441. The summed E-state index contributed by atoms with van der Waals surface area (Å²) in [7, 11) is 0. The summed E-state index contributed by atoms with van der Waals surface area (Å²) in [6, 6.07) is 1.78. The zero-order valence-corrected chi connectivity index (χ0v) is 11.5. The molecule has 2 heterocycles. The molecule has 1 aromatic heterocycles. The first-order chi connectivity index (χ1) is 9.06. The van der Waals surface area contributed by atoms with Crippen molar-refractivity contribution in [3.8, 4) is 5.88 Å². The molecule has 2 rings (SSSR count). The average molecular weight is 267 g/mol. The van der Waals surface area contributed by atoms with Crippen LogP contribution in [0.4, 0.5) is 5.82 Å². The second kappa shape index (κ2) is 5.71. The maximum atomic E-state index is 10.2. The molecule has 1 fully saturated rings. The van der Waals surface area contributed by atoms with E-state index in [1.165, 1.54) is 0 Å². The highest BCUT2D eigenvalue weighted by atomic mass is 16.5. The van der Waals surface area contributed by atoms with Crippen LogP contribution in [0.1, 0.15) is 25.6 Å². The van der Waals surface area contributed by atoms with E-state index in [0.717, 1.165) is 18.8 Å². The molecule has 1 aliphatic rings. The average Bonchev–Trinajstić information content (AvgIpc) is 2.38. The summed E-state index contributed by atoms with van der Waals surface area (Å²) in [5.41, 5.74) is -1.04.